The number of amides is 2. The van der Waals surface area contributed by atoms with Gasteiger partial charge < -0.3 is 15.7 Å². The van der Waals surface area contributed by atoms with E-state index in [4.69, 9.17) is 0 Å². The number of carbonyl (C=O) groups excluding carboxylic acids is 2. The van der Waals surface area contributed by atoms with Crippen LogP contribution in [-0.4, -0.2) is 41.5 Å². The van der Waals surface area contributed by atoms with Gasteiger partial charge in [0.15, 0.2) is 0 Å². The second-order valence-electron chi connectivity index (χ2n) is 5.57. The number of hydrogen-bond acceptors (Lipinski definition) is 3. The first kappa shape index (κ1) is 18.2. The molecule has 0 radical (unpaired) electrons. The number of nitrogens with one attached hydrogen (secondary N) is 2. The highest BCUT2D eigenvalue weighted by atomic mass is 19.3. The van der Waals surface area contributed by atoms with Gasteiger partial charge in [0.05, 0.1) is 0 Å². The highest BCUT2D eigenvalue weighted by Gasteiger charge is 2.60. The van der Waals surface area contributed by atoms with Crippen molar-refractivity contribution in [3.63, 3.8) is 0 Å². The molecule has 1 aliphatic rings. The second kappa shape index (κ2) is 6.76. The lowest BCUT2D eigenvalue weighted by Crippen LogP contribution is -2.61. The number of rotatable bonds is 6. The first-order valence-electron chi connectivity index (χ1n) is 7.30. The summed E-state index contributed by atoms with van der Waals surface area (Å²) in [6.45, 7) is -0.695. The van der Waals surface area contributed by atoms with Crippen LogP contribution >= 0.6 is 0 Å². The van der Waals surface area contributed by atoms with Crippen LogP contribution in [0.5, 0.6) is 0 Å². The van der Waals surface area contributed by atoms with Gasteiger partial charge in [-0.1, -0.05) is 6.07 Å². The molecule has 0 spiro atoms. The zero-order valence-corrected chi connectivity index (χ0v) is 12.5. The Balaban J connectivity index is 1.82. The Morgan fingerprint density at radius 3 is 2.17 bits per heavy atom. The van der Waals surface area contributed by atoms with Gasteiger partial charge >= 0.3 is 5.92 Å². The zero-order chi connectivity index (χ0) is 18.0. The minimum Gasteiger partial charge on any atom is -0.383 e. The molecule has 0 aromatic heterocycles. The lowest BCUT2D eigenvalue weighted by atomic mass is 9.75. The van der Waals surface area contributed by atoms with Crippen molar-refractivity contribution in [1.29, 1.82) is 0 Å². The minimum absolute atomic E-state index is 0.170. The smallest absolute Gasteiger partial charge is 0.352 e. The molecule has 0 bridgehead atoms. The number of halogens is 4. The Morgan fingerprint density at radius 1 is 1.12 bits per heavy atom. The third kappa shape index (κ3) is 3.35. The largest absolute Gasteiger partial charge is 0.383 e. The summed E-state index contributed by atoms with van der Waals surface area (Å²) in [5.41, 5.74) is -3.13. The molecule has 0 saturated heterocycles. The van der Waals surface area contributed by atoms with Gasteiger partial charge in [0, 0.05) is 13.1 Å². The summed E-state index contributed by atoms with van der Waals surface area (Å²) in [5.74, 6) is -8.78. The van der Waals surface area contributed by atoms with Gasteiger partial charge in [-0.25, -0.2) is 8.78 Å². The van der Waals surface area contributed by atoms with E-state index in [1.54, 1.807) is 0 Å². The fourth-order valence-corrected chi connectivity index (χ4v) is 2.30. The summed E-state index contributed by atoms with van der Waals surface area (Å²) in [6, 6.07) is 2.90. The molecule has 0 atom stereocenters. The van der Waals surface area contributed by atoms with Crippen LogP contribution in [0.2, 0.25) is 0 Å². The van der Waals surface area contributed by atoms with Crippen LogP contribution in [0.1, 0.15) is 29.6 Å². The van der Waals surface area contributed by atoms with E-state index in [-0.39, 0.29) is 25.9 Å². The lowest BCUT2D eigenvalue weighted by molar-refractivity contribution is -0.215. The number of hydrogen-bond donors (Lipinski definition) is 3. The summed E-state index contributed by atoms with van der Waals surface area (Å²) < 4.78 is 54.3. The third-order valence-corrected chi connectivity index (χ3v) is 3.94. The van der Waals surface area contributed by atoms with Crippen LogP contribution in [0.4, 0.5) is 17.6 Å². The first-order valence-corrected chi connectivity index (χ1v) is 7.30. The maximum Gasteiger partial charge on any atom is 0.352 e. The summed E-state index contributed by atoms with van der Waals surface area (Å²) in [6.07, 6.45) is 0.0665. The Kier molecular flexibility index (Phi) is 5.12. The minimum atomic E-state index is -3.94. The molecule has 0 unspecified atom stereocenters. The Labute approximate surface area is 135 Å². The molecule has 1 aromatic rings. The maximum absolute atomic E-state index is 13.8. The molecule has 1 fully saturated rings. The van der Waals surface area contributed by atoms with Crippen molar-refractivity contribution in [2.75, 3.05) is 13.1 Å². The highest BCUT2D eigenvalue weighted by Crippen LogP contribution is 2.44. The van der Waals surface area contributed by atoms with E-state index in [1.807, 2.05) is 5.32 Å². The maximum atomic E-state index is 13.8. The van der Waals surface area contributed by atoms with Crippen LogP contribution in [0, 0.1) is 11.6 Å². The number of aliphatic hydroxyl groups is 1. The average molecular weight is 348 g/mol. The molecule has 1 aromatic carbocycles. The standard InChI is InChI=1S/C15H16F4N2O3/c16-9-3-1-4-10(17)11(9)12(22)20-7-8-21-13(23)15(18,19)14(24)5-2-6-14/h1,3-4,24H,2,5-8H2,(H,20,22)(H,21,23). The van der Waals surface area contributed by atoms with Gasteiger partial charge in [0.1, 0.15) is 22.8 Å². The molecule has 1 aliphatic carbocycles. The van der Waals surface area contributed by atoms with Gasteiger partial charge in [-0.2, -0.15) is 8.78 Å². The second-order valence-corrected chi connectivity index (χ2v) is 5.57. The van der Waals surface area contributed by atoms with Crippen LogP contribution < -0.4 is 10.6 Å². The van der Waals surface area contributed by atoms with Crippen LogP contribution in [0.15, 0.2) is 18.2 Å². The van der Waals surface area contributed by atoms with Crippen LogP contribution in [-0.2, 0) is 4.79 Å². The normalized spacial score (nSPS) is 16.2. The van der Waals surface area contributed by atoms with E-state index in [0.29, 0.717) is 6.42 Å². The molecule has 5 nitrogen and oxygen atoms in total. The Hall–Kier alpha value is -2.16. The molecule has 0 aliphatic heterocycles. The van der Waals surface area contributed by atoms with Crippen molar-refractivity contribution in [2.45, 2.75) is 30.8 Å². The molecular formula is C15H16F4N2O3. The number of benzene rings is 1. The summed E-state index contributed by atoms with van der Waals surface area (Å²) in [4.78, 5) is 23.1. The summed E-state index contributed by atoms with van der Waals surface area (Å²) in [7, 11) is 0. The molecule has 2 rings (SSSR count). The third-order valence-electron chi connectivity index (χ3n) is 3.94. The predicted octanol–water partition coefficient (Wildman–Crippen LogP) is 1.36. The lowest BCUT2D eigenvalue weighted by Gasteiger charge is -2.41. The molecular weight excluding hydrogens is 332 g/mol. The van der Waals surface area contributed by atoms with Crippen molar-refractivity contribution < 1.29 is 32.3 Å². The van der Waals surface area contributed by atoms with Gasteiger partial charge in [0.25, 0.3) is 11.8 Å². The molecule has 9 heteroatoms. The molecule has 1 saturated carbocycles. The number of carbonyl (C=O) groups is 2. The molecule has 3 N–H and O–H groups in total. The zero-order valence-electron chi connectivity index (χ0n) is 12.5. The quantitative estimate of drug-likeness (QED) is 0.537. The van der Waals surface area contributed by atoms with Crippen LogP contribution in [0.3, 0.4) is 0 Å². The van der Waals surface area contributed by atoms with Gasteiger partial charge in [-0.05, 0) is 31.4 Å². The Morgan fingerprint density at radius 2 is 1.67 bits per heavy atom. The fourth-order valence-electron chi connectivity index (χ4n) is 2.30. The average Bonchev–Trinajstić information content (AvgIpc) is 2.48. The molecule has 0 heterocycles. The SMILES string of the molecule is O=C(NCCNC(=O)C(F)(F)C1(O)CCC1)c1c(F)cccc1F. The molecule has 132 valence electrons. The van der Waals surface area contributed by atoms with Gasteiger partial charge in [-0.15, -0.1) is 0 Å². The van der Waals surface area contributed by atoms with E-state index >= 15 is 0 Å². The van der Waals surface area contributed by atoms with Crippen molar-refractivity contribution in [3.8, 4) is 0 Å². The van der Waals surface area contributed by atoms with Gasteiger partial charge in [0.2, 0.25) is 0 Å². The van der Waals surface area contributed by atoms with Crippen molar-refractivity contribution in [2.24, 2.45) is 0 Å². The monoisotopic (exact) mass is 348 g/mol. The topological polar surface area (TPSA) is 78.4 Å². The van der Waals surface area contributed by atoms with Crippen molar-refractivity contribution in [1.82, 2.24) is 10.6 Å². The fraction of sp³-hybridized carbons (Fsp3) is 0.467. The summed E-state index contributed by atoms with van der Waals surface area (Å²) in [5, 5.41) is 13.6. The van der Waals surface area contributed by atoms with E-state index < -0.39 is 40.5 Å². The summed E-state index contributed by atoms with van der Waals surface area (Å²) >= 11 is 0. The van der Waals surface area contributed by atoms with Gasteiger partial charge in [-0.3, -0.25) is 9.59 Å². The highest BCUT2D eigenvalue weighted by molar-refractivity contribution is 5.94. The van der Waals surface area contributed by atoms with E-state index in [2.05, 4.69) is 5.32 Å². The Bertz CT molecular complexity index is 627. The van der Waals surface area contributed by atoms with Crippen LogP contribution in [0.25, 0.3) is 0 Å². The van der Waals surface area contributed by atoms with Crippen molar-refractivity contribution >= 4 is 11.8 Å². The van der Waals surface area contributed by atoms with E-state index in [9.17, 15) is 32.3 Å². The van der Waals surface area contributed by atoms with E-state index in [1.165, 1.54) is 0 Å². The number of alkyl halides is 2. The molecule has 2 amide bonds. The first-order chi connectivity index (χ1) is 11.2. The van der Waals surface area contributed by atoms with Crippen molar-refractivity contribution in [3.05, 3.63) is 35.4 Å². The van der Waals surface area contributed by atoms with E-state index in [0.717, 1.165) is 18.2 Å². The molecule has 24 heavy (non-hydrogen) atoms. The predicted molar refractivity (Wildman–Crippen MR) is 75.4 cm³/mol.